The molecule has 0 aliphatic carbocycles. The molecule has 5 aromatic carbocycles. The topological polar surface area (TPSA) is 193 Å². The van der Waals surface area contributed by atoms with Gasteiger partial charge in [-0.1, -0.05) is 115 Å². The van der Waals surface area contributed by atoms with Crippen LogP contribution in [0.25, 0.3) is 0 Å². The van der Waals surface area contributed by atoms with Crippen LogP contribution < -0.4 is 26.4 Å². The minimum absolute atomic E-state index is 0.0296. The van der Waals surface area contributed by atoms with Gasteiger partial charge in [0.15, 0.2) is 0 Å². The van der Waals surface area contributed by atoms with Crippen LogP contribution in [0.4, 0.5) is 10.5 Å². The first-order valence-electron chi connectivity index (χ1n) is 19.6. The number of aliphatic hydroxyl groups excluding tert-OH is 2. The lowest BCUT2D eigenvalue weighted by Gasteiger charge is -2.46. The van der Waals surface area contributed by atoms with E-state index in [4.69, 9.17) is 15.2 Å². The molecule has 3 aliphatic rings. The summed E-state index contributed by atoms with van der Waals surface area (Å²) < 4.78 is 12.2. The van der Waals surface area contributed by atoms with E-state index in [9.17, 15) is 19.8 Å². The lowest BCUT2D eigenvalue weighted by atomic mass is 9.65. The van der Waals surface area contributed by atoms with Crippen molar-refractivity contribution in [2.45, 2.75) is 35.7 Å². The molecular weight excluding hydrogens is 763 g/mol. The number of cyclic esters (lactones) is 1. The van der Waals surface area contributed by atoms with E-state index in [-0.39, 0.29) is 26.3 Å². The molecule has 304 valence electrons. The van der Waals surface area contributed by atoms with Crippen molar-refractivity contribution in [1.29, 1.82) is 0 Å². The highest BCUT2D eigenvalue weighted by Crippen LogP contribution is 2.64. The molecule has 2 fully saturated rings. The Hall–Kier alpha value is -6.98. The molecule has 4 amide bonds. The van der Waals surface area contributed by atoms with Gasteiger partial charge in [0.05, 0.1) is 37.3 Å². The maximum atomic E-state index is 15.3. The Kier molecular flexibility index (Phi) is 11.3. The van der Waals surface area contributed by atoms with E-state index in [1.165, 1.54) is 0 Å². The van der Waals surface area contributed by atoms with E-state index in [0.717, 1.165) is 11.1 Å². The second kappa shape index (κ2) is 17.1. The number of esters is 1. The number of benzene rings is 5. The number of nitrogens with two attached hydrogens (primary N) is 1. The highest BCUT2D eigenvalue weighted by atomic mass is 16.6. The lowest BCUT2D eigenvalue weighted by Crippen LogP contribution is -2.55. The van der Waals surface area contributed by atoms with Gasteiger partial charge < -0.3 is 41.4 Å². The van der Waals surface area contributed by atoms with Crippen molar-refractivity contribution in [3.05, 3.63) is 167 Å². The van der Waals surface area contributed by atoms with Gasteiger partial charge in [0.1, 0.15) is 29.9 Å². The number of ether oxygens (including phenoxy) is 2. The molecular formula is C47H43N5O8. The van der Waals surface area contributed by atoms with Crippen molar-refractivity contribution in [2.75, 3.05) is 31.6 Å². The average molecular weight is 806 g/mol. The summed E-state index contributed by atoms with van der Waals surface area (Å²) in [4.78, 5) is 58.9. The predicted octanol–water partition coefficient (Wildman–Crippen LogP) is 4.20. The van der Waals surface area contributed by atoms with Crippen molar-refractivity contribution in [3.63, 3.8) is 0 Å². The average Bonchev–Trinajstić information content (AvgIpc) is 3.75. The molecule has 7 atom stereocenters. The molecule has 0 radical (unpaired) electrons. The van der Waals surface area contributed by atoms with Gasteiger partial charge in [-0.2, -0.15) is 0 Å². The van der Waals surface area contributed by atoms with E-state index in [2.05, 4.69) is 27.8 Å². The molecule has 0 bridgehead atoms. The third-order valence-corrected chi connectivity index (χ3v) is 11.4. The molecule has 3 heterocycles. The molecule has 2 saturated heterocycles. The molecule has 13 heteroatoms. The number of nitrogens with zero attached hydrogens (tertiary/aromatic N) is 1. The van der Waals surface area contributed by atoms with Gasteiger partial charge in [-0.25, -0.2) is 4.79 Å². The monoisotopic (exact) mass is 805 g/mol. The minimum atomic E-state index is -1.80. The van der Waals surface area contributed by atoms with E-state index in [1.807, 2.05) is 71.6 Å². The number of nitrogens with one attached hydrogen (secondary N) is 3. The third kappa shape index (κ3) is 7.32. The van der Waals surface area contributed by atoms with Crippen LogP contribution in [0.15, 0.2) is 133 Å². The van der Waals surface area contributed by atoms with Gasteiger partial charge in [0.2, 0.25) is 11.8 Å². The van der Waals surface area contributed by atoms with Crippen LogP contribution in [0.3, 0.4) is 0 Å². The van der Waals surface area contributed by atoms with Gasteiger partial charge in [-0.3, -0.25) is 19.3 Å². The number of morpholine rings is 1. The number of aliphatic hydroxyl groups is 2. The molecule has 13 nitrogen and oxygen atoms in total. The summed E-state index contributed by atoms with van der Waals surface area (Å²) in [6.07, 6.45) is -1.95. The highest BCUT2D eigenvalue weighted by molar-refractivity contribution is 6.12. The van der Waals surface area contributed by atoms with E-state index < -0.39 is 65.5 Å². The number of rotatable bonds is 11. The van der Waals surface area contributed by atoms with Crippen LogP contribution in [-0.4, -0.2) is 71.3 Å². The molecule has 1 spiro atoms. The van der Waals surface area contributed by atoms with Crippen LogP contribution >= 0.6 is 0 Å². The summed E-state index contributed by atoms with van der Waals surface area (Å²) in [6.45, 7) is -0.368. The van der Waals surface area contributed by atoms with Gasteiger partial charge >= 0.3 is 12.0 Å². The number of urea groups is 1. The van der Waals surface area contributed by atoms with Crippen molar-refractivity contribution in [3.8, 4) is 17.6 Å². The zero-order valence-corrected chi connectivity index (χ0v) is 32.4. The number of anilines is 1. The Morgan fingerprint density at radius 1 is 0.850 bits per heavy atom. The summed E-state index contributed by atoms with van der Waals surface area (Å²) in [5.74, 6) is 3.12. The van der Waals surface area contributed by atoms with Crippen LogP contribution in [0.1, 0.15) is 57.7 Å². The van der Waals surface area contributed by atoms with Crippen LogP contribution in [-0.2, 0) is 24.5 Å². The predicted molar refractivity (Wildman–Crippen MR) is 221 cm³/mol. The Balaban J connectivity index is 1.36. The van der Waals surface area contributed by atoms with Crippen molar-refractivity contribution in [1.82, 2.24) is 15.5 Å². The maximum absolute atomic E-state index is 15.3. The largest absolute Gasteiger partial charge is 0.491 e. The zero-order valence-electron chi connectivity index (χ0n) is 32.4. The fourth-order valence-corrected chi connectivity index (χ4v) is 8.96. The standard InChI is InChI=1S/C47H43N5O8/c48-46(58)49-24-10-11-29-18-23-36-35(27-29)47(45(57)51-36)38(43(55)50-28-37(54)30-12-4-1-5-13-30)40-44(56)60-41(32-16-8-3-9-17-32)39(31-14-6-2-7-15-31)52(40)42(47)33-19-21-34(22-20-33)59-26-25-53/h1-9,12-23,27,37-42,53-54H,24-26,28H2,(H,50,55)(H,51,57)(H3,48,49,58)/t37-,38-,39-,40-,41+,42+,47-/m0/s1. The first-order chi connectivity index (χ1) is 29.2. The van der Waals surface area contributed by atoms with Gasteiger partial charge in [-0.15, -0.1) is 0 Å². The number of carbonyl (C=O) groups is 4. The summed E-state index contributed by atoms with van der Waals surface area (Å²) in [5.41, 5.74) is 7.48. The van der Waals surface area contributed by atoms with Gasteiger partial charge in [0, 0.05) is 17.8 Å². The quantitative estimate of drug-likeness (QED) is 0.0839. The fourth-order valence-electron chi connectivity index (χ4n) is 8.96. The number of amides is 4. The third-order valence-electron chi connectivity index (χ3n) is 11.4. The Morgan fingerprint density at radius 3 is 2.18 bits per heavy atom. The Morgan fingerprint density at radius 2 is 1.52 bits per heavy atom. The van der Waals surface area contributed by atoms with E-state index in [1.54, 1.807) is 66.7 Å². The molecule has 8 rings (SSSR count). The van der Waals surface area contributed by atoms with Crippen LogP contribution in [0.2, 0.25) is 0 Å². The van der Waals surface area contributed by atoms with Crippen molar-refractivity contribution >= 4 is 29.5 Å². The number of carbonyl (C=O) groups excluding carboxylic acids is 4. The lowest BCUT2D eigenvalue weighted by molar-refractivity contribution is -0.178. The molecule has 0 saturated carbocycles. The fraction of sp³-hybridized carbons (Fsp3) is 0.234. The summed E-state index contributed by atoms with van der Waals surface area (Å²) in [5, 5.41) is 29.1. The molecule has 0 aromatic heterocycles. The van der Waals surface area contributed by atoms with Gasteiger partial charge in [-0.05, 0) is 58.1 Å². The summed E-state index contributed by atoms with van der Waals surface area (Å²) >= 11 is 0. The van der Waals surface area contributed by atoms with Crippen molar-refractivity contribution < 1.29 is 38.9 Å². The number of primary amides is 1. The molecule has 5 aromatic rings. The summed E-state index contributed by atoms with van der Waals surface area (Å²) in [7, 11) is 0. The maximum Gasteiger partial charge on any atom is 0.324 e. The SMILES string of the molecule is NC(=O)NCC#Cc1ccc2c(c1)[C@]1(C(=O)N2)[C@H](C(=O)NC[C@H](O)c2ccccc2)[C@H]2C(=O)O[C@H](c3ccccc3)[C@H](c3ccccc3)N2[C@@H]1c1ccc(OCCO)cc1. The number of hydrogen-bond acceptors (Lipinski definition) is 9. The zero-order chi connectivity index (χ0) is 41.8. The first kappa shape index (κ1) is 39.8. The molecule has 7 N–H and O–H groups in total. The normalized spacial score (nSPS) is 23.3. The van der Waals surface area contributed by atoms with E-state index >= 15 is 9.59 Å². The molecule has 0 unspecified atom stereocenters. The Labute approximate surface area is 346 Å². The number of hydrogen-bond donors (Lipinski definition) is 6. The smallest absolute Gasteiger partial charge is 0.324 e. The van der Waals surface area contributed by atoms with Crippen molar-refractivity contribution in [2.24, 2.45) is 11.7 Å². The van der Waals surface area contributed by atoms with E-state index in [0.29, 0.717) is 33.7 Å². The second-order valence-corrected chi connectivity index (χ2v) is 14.8. The Bertz CT molecular complexity index is 2440. The highest BCUT2D eigenvalue weighted by Gasteiger charge is 2.74. The molecule has 60 heavy (non-hydrogen) atoms. The molecule has 3 aliphatic heterocycles. The van der Waals surface area contributed by atoms with Crippen LogP contribution in [0, 0.1) is 17.8 Å². The van der Waals surface area contributed by atoms with Gasteiger partial charge in [0.25, 0.3) is 0 Å². The summed E-state index contributed by atoms with van der Waals surface area (Å²) in [6, 6.07) is 36.3. The minimum Gasteiger partial charge on any atom is -0.491 e. The first-order valence-corrected chi connectivity index (χ1v) is 19.6. The second-order valence-electron chi connectivity index (χ2n) is 14.8. The van der Waals surface area contributed by atoms with Crippen LogP contribution in [0.5, 0.6) is 5.75 Å². The number of fused-ring (bicyclic) bond motifs is 3.